The molecular formula is C18H28. The van der Waals surface area contributed by atoms with Crippen LogP contribution in [0.5, 0.6) is 0 Å². The van der Waals surface area contributed by atoms with E-state index in [1.54, 1.807) is 5.56 Å². The summed E-state index contributed by atoms with van der Waals surface area (Å²) in [6.45, 7) is 9.18. The zero-order valence-corrected chi connectivity index (χ0v) is 12.6. The third-order valence-corrected chi connectivity index (χ3v) is 5.13. The lowest BCUT2D eigenvalue weighted by Gasteiger charge is -2.26. The van der Waals surface area contributed by atoms with Crippen molar-refractivity contribution in [1.29, 1.82) is 0 Å². The van der Waals surface area contributed by atoms with Crippen LogP contribution in [0.1, 0.15) is 61.3 Å². The maximum atomic E-state index is 2.41. The van der Waals surface area contributed by atoms with Crippen LogP contribution in [-0.4, -0.2) is 0 Å². The molecule has 100 valence electrons. The van der Waals surface area contributed by atoms with Gasteiger partial charge in [-0.1, -0.05) is 44.7 Å². The Balaban J connectivity index is 1.92. The van der Waals surface area contributed by atoms with Crippen molar-refractivity contribution < 1.29 is 0 Å². The first-order valence-electron chi connectivity index (χ1n) is 7.63. The molecule has 0 amide bonds. The first-order valence-corrected chi connectivity index (χ1v) is 7.63. The lowest BCUT2D eigenvalue weighted by atomic mass is 9.80. The summed E-state index contributed by atoms with van der Waals surface area (Å²) in [4.78, 5) is 0. The van der Waals surface area contributed by atoms with Gasteiger partial charge in [0, 0.05) is 0 Å². The Labute approximate surface area is 113 Å². The van der Waals surface area contributed by atoms with Crippen molar-refractivity contribution in [3.8, 4) is 0 Å². The van der Waals surface area contributed by atoms with Crippen LogP contribution in [0.4, 0.5) is 0 Å². The van der Waals surface area contributed by atoms with E-state index in [1.165, 1.54) is 55.2 Å². The molecule has 0 heterocycles. The topological polar surface area (TPSA) is 0 Å². The van der Waals surface area contributed by atoms with Crippen molar-refractivity contribution in [2.75, 3.05) is 0 Å². The number of hydrogen-bond acceptors (Lipinski definition) is 0. The Bertz CT molecular complexity index is 395. The molecule has 1 saturated carbocycles. The Morgan fingerprint density at radius 1 is 0.944 bits per heavy atom. The van der Waals surface area contributed by atoms with Gasteiger partial charge >= 0.3 is 0 Å². The van der Waals surface area contributed by atoms with E-state index >= 15 is 0 Å². The van der Waals surface area contributed by atoms with E-state index in [9.17, 15) is 0 Å². The van der Waals surface area contributed by atoms with E-state index in [0.717, 1.165) is 11.8 Å². The minimum atomic E-state index is 0.976. The molecule has 1 fully saturated rings. The van der Waals surface area contributed by atoms with Crippen molar-refractivity contribution in [1.82, 2.24) is 0 Å². The molecule has 0 spiro atoms. The molecule has 0 nitrogen and oxygen atoms in total. The average Bonchev–Trinajstić information content (AvgIpc) is 2.37. The van der Waals surface area contributed by atoms with Gasteiger partial charge in [0.25, 0.3) is 0 Å². The highest BCUT2D eigenvalue weighted by molar-refractivity contribution is 5.38. The fraction of sp³-hybridized carbons (Fsp3) is 0.667. The number of rotatable bonds is 3. The summed E-state index contributed by atoms with van der Waals surface area (Å²) in [5, 5.41) is 0. The second-order valence-corrected chi connectivity index (χ2v) is 6.46. The number of benzene rings is 1. The predicted octanol–water partition coefficient (Wildman–Crippen LogP) is 5.37. The van der Waals surface area contributed by atoms with Gasteiger partial charge in [0.05, 0.1) is 0 Å². The van der Waals surface area contributed by atoms with Gasteiger partial charge in [-0.15, -0.1) is 0 Å². The Morgan fingerprint density at radius 3 is 2.28 bits per heavy atom. The van der Waals surface area contributed by atoms with Crippen molar-refractivity contribution in [2.24, 2.45) is 11.8 Å². The average molecular weight is 244 g/mol. The molecule has 0 aliphatic heterocycles. The van der Waals surface area contributed by atoms with E-state index in [2.05, 4.69) is 39.8 Å². The third-order valence-electron chi connectivity index (χ3n) is 5.13. The molecule has 0 heteroatoms. The fourth-order valence-electron chi connectivity index (χ4n) is 3.26. The van der Waals surface area contributed by atoms with Crippen LogP contribution in [0.3, 0.4) is 0 Å². The summed E-state index contributed by atoms with van der Waals surface area (Å²) in [7, 11) is 0. The standard InChI is InChI=1S/C18H28/c1-13-5-8-17(9-6-13)10-12-18-11-7-14(2)15(3)16(18)4/h7,11,13,17H,5-6,8-10,12H2,1-4H3. The molecule has 0 atom stereocenters. The zero-order valence-electron chi connectivity index (χ0n) is 12.6. The molecule has 1 aromatic carbocycles. The number of aryl methyl sites for hydroxylation is 2. The molecule has 0 radical (unpaired) electrons. The van der Waals surface area contributed by atoms with Crippen molar-refractivity contribution in [3.05, 3.63) is 34.4 Å². The van der Waals surface area contributed by atoms with Crippen molar-refractivity contribution >= 4 is 0 Å². The zero-order chi connectivity index (χ0) is 13.1. The molecule has 0 bridgehead atoms. The Kier molecular flexibility index (Phi) is 4.48. The molecule has 1 aliphatic rings. The molecule has 0 unspecified atom stereocenters. The molecule has 0 N–H and O–H groups in total. The van der Waals surface area contributed by atoms with Crippen LogP contribution in [0.15, 0.2) is 12.1 Å². The van der Waals surface area contributed by atoms with Gasteiger partial charge < -0.3 is 0 Å². The van der Waals surface area contributed by atoms with E-state index in [-0.39, 0.29) is 0 Å². The quantitative estimate of drug-likeness (QED) is 0.670. The highest BCUT2D eigenvalue weighted by Crippen LogP contribution is 2.31. The fourth-order valence-corrected chi connectivity index (χ4v) is 3.26. The predicted molar refractivity (Wildman–Crippen MR) is 80.1 cm³/mol. The molecule has 18 heavy (non-hydrogen) atoms. The SMILES string of the molecule is Cc1ccc(CCC2CCC(C)CC2)c(C)c1C. The van der Waals surface area contributed by atoms with Gasteiger partial charge in [0.15, 0.2) is 0 Å². The van der Waals surface area contributed by atoms with Crippen molar-refractivity contribution in [2.45, 2.75) is 66.2 Å². The second-order valence-electron chi connectivity index (χ2n) is 6.46. The first kappa shape index (κ1) is 13.6. The first-order chi connectivity index (χ1) is 8.58. The minimum Gasteiger partial charge on any atom is -0.0625 e. The maximum absolute atomic E-state index is 2.41. The Hall–Kier alpha value is -0.780. The molecule has 0 aromatic heterocycles. The summed E-state index contributed by atoms with van der Waals surface area (Å²) in [6, 6.07) is 4.64. The smallest absolute Gasteiger partial charge is 0.0274 e. The lowest BCUT2D eigenvalue weighted by molar-refractivity contribution is 0.277. The molecule has 1 aliphatic carbocycles. The normalized spacial score (nSPS) is 24.2. The van der Waals surface area contributed by atoms with Crippen molar-refractivity contribution in [3.63, 3.8) is 0 Å². The molecule has 2 rings (SSSR count). The van der Waals surface area contributed by atoms with E-state index < -0.39 is 0 Å². The number of hydrogen-bond donors (Lipinski definition) is 0. The second kappa shape index (κ2) is 5.91. The van der Waals surface area contributed by atoms with Crippen LogP contribution in [-0.2, 0) is 6.42 Å². The lowest BCUT2D eigenvalue weighted by Crippen LogP contribution is -2.13. The summed E-state index contributed by atoms with van der Waals surface area (Å²) in [5.74, 6) is 1.96. The third kappa shape index (κ3) is 3.16. The molecule has 0 saturated heterocycles. The van der Waals surface area contributed by atoms with Crippen LogP contribution >= 0.6 is 0 Å². The van der Waals surface area contributed by atoms with Crippen LogP contribution < -0.4 is 0 Å². The van der Waals surface area contributed by atoms with Gasteiger partial charge in [-0.25, -0.2) is 0 Å². The van der Waals surface area contributed by atoms with Crippen LogP contribution in [0.2, 0.25) is 0 Å². The van der Waals surface area contributed by atoms with E-state index in [4.69, 9.17) is 0 Å². The van der Waals surface area contributed by atoms with E-state index in [0.29, 0.717) is 0 Å². The summed E-state index contributed by atoms with van der Waals surface area (Å²) in [6.07, 6.45) is 8.52. The van der Waals surface area contributed by atoms with Crippen LogP contribution in [0.25, 0.3) is 0 Å². The summed E-state index contributed by atoms with van der Waals surface area (Å²) >= 11 is 0. The van der Waals surface area contributed by atoms with Gasteiger partial charge in [-0.05, 0) is 67.7 Å². The van der Waals surface area contributed by atoms with E-state index in [1.807, 2.05) is 0 Å². The summed E-state index contributed by atoms with van der Waals surface area (Å²) < 4.78 is 0. The molecular weight excluding hydrogens is 216 g/mol. The summed E-state index contributed by atoms with van der Waals surface area (Å²) in [5.41, 5.74) is 6.03. The van der Waals surface area contributed by atoms with Crippen LogP contribution in [0, 0.1) is 32.6 Å². The Morgan fingerprint density at radius 2 is 1.61 bits per heavy atom. The maximum Gasteiger partial charge on any atom is -0.0274 e. The monoisotopic (exact) mass is 244 g/mol. The van der Waals surface area contributed by atoms with Gasteiger partial charge in [-0.2, -0.15) is 0 Å². The molecule has 1 aromatic rings. The van der Waals surface area contributed by atoms with Gasteiger partial charge in [-0.3, -0.25) is 0 Å². The minimum absolute atomic E-state index is 0.976. The van der Waals surface area contributed by atoms with Gasteiger partial charge in [0.2, 0.25) is 0 Å². The highest BCUT2D eigenvalue weighted by Gasteiger charge is 2.18. The highest BCUT2D eigenvalue weighted by atomic mass is 14.2. The largest absolute Gasteiger partial charge is 0.0625 e. The van der Waals surface area contributed by atoms with Gasteiger partial charge in [0.1, 0.15) is 0 Å².